The molecule has 27 heavy (non-hydrogen) atoms. The van der Waals surface area contributed by atoms with Crippen LogP contribution in [0.15, 0.2) is 36.7 Å². The molecule has 1 aliphatic rings. The molecule has 0 unspecified atom stereocenters. The van der Waals surface area contributed by atoms with E-state index in [0.29, 0.717) is 12.4 Å². The fraction of sp³-hybridized carbons (Fsp3) is 0.450. The lowest BCUT2D eigenvalue weighted by Gasteiger charge is -2.27. The number of likely N-dealkylation sites (N-methyl/N-ethyl adjacent to an activating group) is 1. The maximum absolute atomic E-state index is 12.9. The fourth-order valence-corrected chi connectivity index (χ4v) is 3.47. The number of likely N-dealkylation sites (tertiary alicyclic amines) is 1. The standard InChI is InChI=1S/C20H26FN5O/c1-3-25(4-2)20(27)14-26-11-5-6-18(26)17-9-8-16(13-22-17)24-19-10-7-15(21)12-23-19/h7-10,12-13,18H,3-6,11,14H2,1-2H3,(H,23,24)/t18-/m0/s1. The summed E-state index contributed by atoms with van der Waals surface area (Å²) in [5, 5.41) is 3.11. The third kappa shape index (κ3) is 4.80. The number of hydrogen-bond acceptors (Lipinski definition) is 5. The number of anilines is 2. The first kappa shape index (κ1) is 19.2. The van der Waals surface area contributed by atoms with Gasteiger partial charge in [0.1, 0.15) is 11.6 Å². The van der Waals surface area contributed by atoms with E-state index in [9.17, 15) is 9.18 Å². The molecule has 1 saturated heterocycles. The number of halogens is 1. The molecular weight excluding hydrogens is 345 g/mol. The van der Waals surface area contributed by atoms with E-state index < -0.39 is 0 Å². The Hall–Kier alpha value is -2.54. The molecule has 144 valence electrons. The van der Waals surface area contributed by atoms with Crippen molar-refractivity contribution in [3.8, 4) is 0 Å². The summed E-state index contributed by atoms with van der Waals surface area (Å²) in [6.45, 7) is 6.85. The monoisotopic (exact) mass is 371 g/mol. The van der Waals surface area contributed by atoms with E-state index in [4.69, 9.17) is 0 Å². The fourth-order valence-electron chi connectivity index (χ4n) is 3.47. The van der Waals surface area contributed by atoms with Crippen molar-refractivity contribution in [2.45, 2.75) is 32.7 Å². The highest BCUT2D eigenvalue weighted by Gasteiger charge is 2.29. The molecule has 1 aliphatic heterocycles. The second-order valence-electron chi connectivity index (χ2n) is 6.65. The lowest BCUT2D eigenvalue weighted by atomic mass is 10.1. The van der Waals surface area contributed by atoms with Gasteiger partial charge in [-0.2, -0.15) is 0 Å². The van der Waals surface area contributed by atoms with Crippen molar-refractivity contribution in [3.05, 3.63) is 48.2 Å². The van der Waals surface area contributed by atoms with Crippen LogP contribution in [0.1, 0.15) is 38.4 Å². The van der Waals surface area contributed by atoms with E-state index in [1.807, 2.05) is 30.9 Å². The summed E-state index contributed by atoms with van der Waals surface area (Å²) in [6.07, 6.45) is 5.00. The van der Waals surface area contributed by atoms with Gasteiger partial charge in [0.2, 0.25) is 5.91 Å². The van der Waals surface area contributed by atoms with Crippen LogP contribution in [0.5, 0.6) is 0 Å². The van der Waals surface area contributed by atoms with E-state index in [-0.39, 0.29) is 17.8 Å². The SMILES string of the molecule is CCN(CC)C(=O)CN1CCC[C@H]1c1ccc(Nc2ccc(F)cn2)cn1. The van der Waals surface area contributed by atoms with Crippen molar-refractivity contribution in [3.63, 3.8) is 0 Å². The first-order chi connectivity index (χ1) is 13.1. The summed E-state index contributed by atoms with van der Waals surface area (Å²) in [5.74, 6) is 0.375. The highest BCUT2D eigenvalue weighted by molar-refractivity contribution is 5.78. The Kier molecular flexibility index (Phi) is 6.34. The van der Waals surface area contributed by atoms with Crippen molar-refractivity contribution < 1.29 is 9.18 Å². The highest BCUT2D eigenvalue weighted by Crippen LogP contribution is 2.31. The highest BCUT2D eigenvalue weighted by atomic mass is 19.1. The summed E-state index contributed by atoms with van der Waals surface area (Å²) in [7, 11) is 0. The zero-order chi connectivity index (χ0) is 19.2. The second-order valence-corrected chi connectivity index (χ2v) is 6.65. The second kappa shape index (κ2) is 8.90. The molecule has 2 aromatic heterocycles. The van der Waals surface area contributed by atoms with Crippen LogP contribution in [-0.4, -0.2) is 51.9 Å². The zero-order valence-corrected chi connectivity index (χ0v) is 15.9. The molecule has 0 saturated carbocycles. The molecule has 1 atom stereocenters. The van der Waals surface area contributed by atoms with Crippen molar-refractivity contribution in [1.82, 2.24) is 19.8 Å². The smallest absolute Gasteiger partial charge is 0.236 e. The number of aromatic nitrogens is 2. The van der Waals surface area contributed by atoms with Gasteiger partial charge in [0.25, 0.3) is 0 Å². The van der Waals surface area contributed by atoms with Crippen LogP contribution in [0.2, 0.25) is 0 Å². The molecule has 0 aromatic carbocycles. The summed E-state index contributed by atoms with van der Waals surface area (Å²) >= 11 is 0. The first-order valence-corrected chi connectivity index (χ1v) is 9.47. The van der Waals surface area contributed by atoms with Crippen LogP contribution < -0.4 is 5.32 Å². The quantitative estimate of drug-likeness (QED) is 0.809. The maximum atomic E-state index is 12.9. The van der Waals surface area contributed by atoms with Gasteiger partial charge >= 0.3 is 0 Å². The molecular formula is C20H26FN5O. The predicted octanol–water partition coefficient (Wildman–Crippen LogP) is 3.36. The van der Waals surface area contributed by atoms with Gasteiger partial charge in [-0.15, -0.1) is 0 Å². The van der Waals surface area contributed by atoms with Crippen LogP contribution in [-0.2, 0) is 4.79 Å². The van der Waals surface area contributed by atoms with Gasteiger partial charge < -0.3 is 10.2 Å². The molecule has 3 heterocycles. The molecule has 1 N–H and O–H groups in total. The van der Waals surface area contributed by atoms with Gasteiger partial charge in [-0.3, -0.25) is 14.7 Å². The van der Waals surface area contributed by atoms with Crippen LogP contribution in [0, 0.1) is 5.82 Å². The van der Waals surface area contributed by atoms with E-state index in [1.54, 1.807) is 12.3 Å². The lowest BCUT2D eigenvalue weighted by Crippen LogP contribution is -2.40. The number of carbonyl (C=O) groups is 1. The predicted molar refractivity (Wildman–Crippen MR) is 103 cm³/mol. The van der Waals surface area contributed by atoms with Crippen LogP contribution in [0.25, 0.3) is 0 Å². The van der Waals surface area contributed by atoms with Crippen molar-refractivity contribution in [2.75, 3.05) is 31.5 Å². The Morgan fingerprint density at radius 3 is 2.67 bits per heavy atom. The van der Waals surface area contributed by atoms with Crippen LogP contribution >= 0.6 is 0 Å². The van der Waals surface area contributed by atoms with Gasteiger partial charge in [0, 0.05) is 13.1 Å². The Bertz CT molecular complexity index is 746. The van der Waals surface area contributed by atoms with Gasteiger partial charge in [-0.1, -0.05) is 0 Å². The molecule has 0 radical (unpaired) electrons. The van der Waals surface area contributed by atoms with Gasteiger partial charge in [0.15, 0.2) is 0 Å². The normalized spacial score (nSPS) is 17.1. The number of hydrogen-bond donors (Lipinski definition) is 1. The summed E-state index contributed by atoms with van der Waals surface area (Å²) in [5.41, 5.74) is 1.76. The molecule has 0 spiro atoms. The molecule has 1 amide bonds. The minimum Gasteiger partial charge on any atom is -0.342 e. The Labute approximate surface area is 159 Å². The Balaban J connectivity index is 1.64. The van der Waals surface area contributed by atoms with Gasteiger partial charge in [-0.05, 0) is 57.5 Å². The minimum absolute atomic E-state index is 0.169. The van der Waals surface area contributed by atoms with E-state index in [0.717, 1.165) is 43.9 Å². The van der Waals surface area contributed by atoms with Crippen molar-refractivity contribution in [1.29, 1.82) is 0 Å². The molecule has 2 aromatic rings. The Morgan fingerprint density at radius 2 is 2.04 bits per heavy atom. The molecule has 0 aliphatic carbocycles. The minimum atomic E-state index is -0.366. The zero-order valence-electron chi connectivity index (χ0n) is 15.9. The van der Waals surface area contributed by atoms with Crippen LogP contribution in [0.4, 0.5) is 15.9 Å². The number of amides is 1. The third-order valence-electron chi connectivity index (χ3n) is 4.95. The number of carbonyl (C=O) groups excluding carboxylic acids is 1. The van der Waals surface area contributed by atoms with Gasteiger partial charge in [-0.25, -0.2) is 9.37 Å². The van der Waals surface area contributed by atoms with E-state index >= 15 is 0 Å². The van der Waals surface area contributed by atoms with E-state index in [2.05, 4.69) is 20.2 Å². The lowest BCUT2D eigenvalue weighted by molar-refractivity contribution is -0.132. The topological polar surface area (TPSA) is 61.4 Å². The number of rotatable bonds is 7. The molecule has 7 heteroatoms. The molecule has 0 bridgehead atoms. The van der Waals surface area contributed by atoms with E-state index in [1.165, 1.54) is 12.3 Å². The average Bonchev–Trinajstić information content (AvgIpc) is 3.13. The molecule has 3 rings (SSSR count). The summed E-state index contributed by atoms with van der Waals surface area (Å²) in [4.78, 5) is 25.1. The van der Waals surface area contributed by atoms with Crippen molar-refractivity contribution in [2.24, 2.45) is 0 Å². The first-order valence-electron chi connectivity index (χ1n) is 9.47. The van der Waals surface area contributed by atoms with Crippen LogP contribution in [0.3, 0.4) is 0 Å². The Morgan fingerprint density at radius 1 is 1.22 bits per heavy atom. The largest absolute Gasteiger partial charge is 0.342 e. The summed E-state index contributed by atoms with van der Waals surface area (Å²) < 4.78 is 12.9. The maximum Gasteiger partial charge on any atom is 0.236 e. The number of pyridine rings is 2. The van der Waals surface area contributed by atoms with Crippen molar-refractivity contribution >= 4 is 17.4 Å². The number of nitrogens with one attached hydrogen (secondary N) is 1. The average molecular weight is 371 g/mol. The summed E-state index contributed by atoms with van der Waals surface area (Å²) in [6, 6.07) is 7.04. The molecule has 6 nitrogen and oxygen atoms in total. The number of nitrogens with zero attached hydrogens (tertiary/aromatic N) is 4. The molecule has 1 fully saturated rings. The van der Waals surface area contributed by atoms with Gasteiger partial charge in [0.05, 0.1) is 36.4 Å². The third-order valence-corrected chi connectivity index (χ3v) is 4.95.